The molecular formula is C37H58N3O10PS. The van der Waals surface area contributed by atoms with Crippen LogP contribution in [0.2, 0.25) is 0 Å². The molecule has 0 amide bonds. The highest BCUT2D eigenvalue weighted by Crippen LogP contribution is 2.50. The molecule has 3 N–H and O–H groups in total. The number of aromatic amines is 1. The van der Waals surface area contributed by atoms with Crippen molar-refractivity contribution in [2.24, 2.45) is 5.92 Å². The molecule has 0 bridgehead atoms. The zero-order chi connectivity index (χ0) is 37.6. The number of nitrogens with zero attached hydrogens (tertiary/aromatic N) is 1. The SMILES string of the molecule is CCCCCCCCCCCCCCCC(=S)NCCC[C@H]1C(OP(=O)(O)OC)[C@@H](COC(=O)OCc2ccccc2)O[C@H]1n1ccc(=O)[nH]c1=O. The number of rotatable bonds is 26. The maximum absolute atomic E-state index is 12.8. The molecule has 0 aliphatic carbocycles. The molecular weight excluding hydrogens is 709 g/mol. The maximum atomic E-state index is 12.8. The summed E-state index contributed by atoms with van der Waals surface area (Å²) in [6, 6.07) is 10.2. The molecule has 13 nitrogen and oxygen atoms in total. The summed E-state index contributed by atoms with van der Waals surface area (Å²) in [5.41, 5.74) is -0.569. The van der Waals surface area contributed by atoms with Crippen LogP contribution in [-0.2, 0) is 34.4 Å². The number of phosphoric acid groups is 1. The second kappa shape index (κ2) is 24.4. The first-order valence-electron chi connectivity index (χ1n) is 18.8. The van der Waals surface area contributed by atoms with Crippen LogP contribution < -0.4 is 16.6 Å². The Kier molecular flexibility index (Phi) is 20.5. The first kappa shape index (κ1) is 43.5. The van der Waals surface area contributed by atoms with Gasteiger partial charge in [-0.05, 0) is 31.2 Å². The zero-order valence-electron chi connectivity index (χ0n) is 30.7. The number of aromatic nitrogens is 2. The fourth-order valence-corrected chi connectivity index (χ4v) is 7.28. The summed E-state index contributed by atoms with van der Waals surface area (Å²) >= 11 is 5.57. The van der Waals surface area contributed by atoms with E-state index in [4.69, 9.17) is 35.5 Å². The molecule has 52 heavy (non-hydrogen) atoms. The van der Waals surface area contributed by atoms with E-state index in [-0.39, 0.29) is 6.61 Å². The summed E-state index contributed by atoms with van der Waals surface area (Å²) in [6.45, 7) is 2.34. The van der Waals surface area contributed by atoms with E-state index in [1.807, 2.05) is 18.2 Å². The molecule has 2 heterocycles. The molecule has 0 radical (unpaired) electrons. The number of hydrogen-bond acceptors (Lipinski definition) is 10. The molecule has 1 aromatic carbocycles. The number of H-pyrrole nitrogens is 1. The van der Waals surface area contributed by atoms with Crippen LogP contribution in [0, 0.1) is 5.92 Å². The van der Waals surface area contributed by atoms with Crippen LogP contribution in [0.5, 0.6) is 0 Å². The molecule has 292 valence electrons. The predicted octanol–water partition coefficient (Wildman–Crippen LogP) is 7.71. The summed E-state index contributed by atoms with van der Waals surface area (Å²) in [7, 11) is -3.53. The largest absolute Gasteiger partial charge is 0.508 e. The van der Waals surface area contributed by atoms with Gasteiger partial charge in [0.1, 0.15) is 31.6 Å². The van der Waals surface area contributed by atoms with E-state index in [1.54, 1.807) is 12.1 Å². The first-order valence-corrected chi connectivity index (χ1v) is 20.7. The van der Waals surface area contributed by atoms with E-state index >= 15 is 0 Å². The van der Waals surface area contributed by atoms with Crippen molar-refractivity contribution in [2.45, 2.75) is 135 Å². The second-order valence-electron chi connectivity index (χ2n) is 13.3. The first-order chi connectivity index (χ1) is 25.1. The number of thiocarbonyl (C=S) groups is 1. The molecule has 1 fully saturated rings. The predicted molar refractivity (Wildman–Crippen MR) is 203 cm³/mol. The Bertz CT molecular complexity index is 1490. The normalized spacial score (nSPS) is 19.6. The van der Waals surface area contributed by atoms with Crippen molar-refractivity contribution in [3.63, 3.8) is 0 Å². The number of benzene rings is 1. The van der Waals surface area contributed by atoms with Crippen molar-refractivity contribution >= 4 is 31.2 Å². The molecule has 1 aliphatic rings. The van der Waals surface area contributed by atoms with Crippen LogP contribution in [0.3, 0.4) is 0 Å². The molecule has 15 heteroatoms. The van der Waals surface area contributed by atoms with E-state index in [9.17, 15) is 23.8 Å². The van der Waals surface area contributed by atoms with Crippen LogP contribution in [0.15, 0.2) is 52.2 Å². The Morgan fingerprint density at radius 3 is 2.19 bits per heavy atom. The van der Waals surface area contributed by atoms with Gasteiger partial charge in [0, 0.05) is 31.8 Å². The minimum atomic E-state index is -4.56. The summed E-state index contributed by atoms with van der Waals surface area (Å²) in [4.78, 5) is 50.3. The minimum Gasteiger partial charge on any atom is -0.431 e. The number of hydrogen-bond donors (Lipinski definition) is 3. The molecule has 1 saturated heterocycles. The number of ether oxygens (including phenoxy) is 3. The second-order valence-corrected chi connectivity index (χ2v) is 15.3. The molecule has 1 aromatic heterocycles. The monoisotopic (exact) mass is 767 g/mol. The lowest BCUT2D eigenvalue weighted by molar-refractivity contribution is -0.0607. The molecule has 2 aromatic rings. The van der Waals surface area contributed by atoms with Gasteiger partial charge in [-0.2, -0.15) is 0 Å². The Labute approximate surface area is 312 Å². The standard InChI is InChI=1S/C37H58N3O10PS/c1-3-4-5-6-7-8-9-10-11-12-13-14-18-23-33(52)38-25-19-22-30-34(50-51(44,45)46-2)31(49-35(30)40-26-24-32(41)39-36(40)42)28-48-37(43)47-27-29-20-16-15-17-21-29/h15-17,20-21,24,26,30-31,34-35H,3-14,18-19,22-23,25,27-28H2,1-2H3,(H,38,52)(H,44,45)(H,39,41,42)/t30-,31+,34?,35+/m0/s1. The molecule has 5 atom stereocenters. The van der Waals surface area contributed by atoms with Crippen molar-refractivity contribution in [1.82, 2.24) is 14.9 Å². The van der Waals surface area contributed by atoms with Crippen LogP contribution in [0.1, 0.15) is 121 Å². The number of carbonyl (C=O) groups is 1. The average molecular weight is 768 g/mol. The van der Waals surface area contributed by atoms with Crippen molar-refractivity contribution < 1.29 is 37.5 Å². The smallest absolute Gasteiger partial charge is 0.431 e. The van der Waals surface area contributed by atoms with Crippen molar-refractivity contribution in [3.05, 3.63) is 69.0 Å². The Balaban J connectivity index is 1.50. The molecule has 1 aliphatic heterocycles. The fraction of sp³-hybridized carbons (Fsp3) is 0.676. The van der Waals surface area contributed by atoms with Crippen LogP contribution >= 0.6 is 20.0 Å². The highest BCUT2D eigenvalue weighted by molar-refractivity contribution is 7.80. The van der Waals surface area contributed by atoms with E-state index in [0.717, 1.165) is 36.9 Å². The topological polar surface area (TPSA) is 167 Å². The Morgan fingerprint density at radius 2 is 1.58 bits per heavy atom. The molecule has 0 spiro atoms. The molecule has 3 rings (SSSR count). The third-order valence-electron chi connectivity index (χ3n) is 9.19. The van der Waals surface area contributed by atoms with E-state index in [1.165, 1.54) is 87.5 Å². The van der Waals surface area contributed by atoms with E-state index in [0.29, 0.717) is 19.4 Å². The number of nitrogens with one attached hydrogen (secondary N) is 2. The Hall–Kier alpha value is -2.87. The maximum Gasteiger partial charge on any atom is 0.508 e. The third-order valence-corrected chi connectivity index (χ3v) is 10.5. The van der Waals surface area contributed by atoms with Gasteiger partial charge < -0.3 is 24.4 Å². The van der Waals surface area contributed by atoms with E-state index < -0.39 is 56.2 Å². The van der Waals surface area contributed by atoms with Gasteiger partial charge in [-0.1, -0.05) is 127 Å². The summed E-state index contributed by atoms with van der Waals surface area (Å²) in [5, 5.41) is 3.30. The van der Waals surface area contributed by atoms with E-state index in [2.05, 4.69) is 17.2 Å². The highest BCUT2D eigenvalue weighted by Gasteiger charge is 2.49. The lowest BCUT2D eigenvalue weighted by atomic mass is 9.94. The van der Waals surface area contributed by atoms with Crippen LogP contribution in [0.4, 0.5) is 4.79 Å². The van der Waals surface area contributed by atoms with Gasteiger partial charge in [0.15, 0.2) is 0 Å². The number of phosphoric ester groups is 1. The van der Waals surface area contributed by atoms with Gasteiger partial charge >= 0.3 is 19.7 Å². The summed E-state index contributed by atoms with van der Waals surface area (Å²) in [6.07, 6.45) is 15.4. The van der Waals surface area contributed by atoms with Crippen LogP contribution in [0.25, 0.3) is 0 Å². The highest BCUT2D eigenvalue weighted by atomic mass is 32.1. The Morgan fingerprint density at radius 1 is 0.942 bits per heavy atom. The van der Waals surface area contributed by atoms with Crippen molar-refractivity contribution in [2.75, 3.05) is 20.3 Å². The van der Waals surface area contributed by atoms with Crippen LogP contribution in [-0.4, -0.2) is 58.1 Å². The summed E-state index contributed by atoms with van der Waals surface area (Å²) < 4.78 is 40.7. The van der Waals surface area contributed by atoms with Gasteiger partial charge in [0.25, 0.3) is 5.56 Å². The lowest BCUT2D eigenvalue weighted by Crippen LogP contribution is -2.36. The van der Waals surface area contributed by atoms with Crippen molar-refractivity contribution in [1.29, 1.82) is 0 Å². The quantitative estimate of drug-likeness (QED) is 0.0370. The van der Waals surface area contributed by atoms with Gasteiger partial charge in [0.05, 0.1) is 4.99 Å². The van der Waals surface area contributed by atoms with Gasteiger partial charge in [-0.25, -0.2) is 14.2 Å². The molecule has 0 saturated carbocycles. The van der Waals surface area contributed by atoms with Gasteiger partial charge in [0.2, 0.25) is 0 Å². The number of carbonyl (C=O) groups excluding carboxylic acids is 1. The van der Waals surface area contributed by atoms with Gasteiger partial charge in [-0.15, -0.1) is 0 Å². The lowest BCUT2D eigenvalue weighted by Gasteiger charge is -2.26. The number of unbranched alkanes of at least 4 members (excludes halogenated alkanes) is 12. The summed E-state index contributed by atoms with van der Waals surface area (Å²) in [5.74, 6) is -0.690. The minimum absolute atomic E-state index is 0.0209. The molecule has 2 unspecified atom stereocenters. The average Bonchev–Trinajstić information content (AvgIpc) is 3.45. The van der Waals surface area contributed by atoms with Gasteiger partial charge in [-0.3, -0.25) is 23.4 Å². The zero-order valence-corrected chi connectivity index (χ0v) is 32.4. The van der Waals surface area contributed by atoms with Crippen molar-refractivity contribution in [3.8, 4) is 0 Å². The third kappa shape index (κ3) is 16.4. The fourth-order valence-electron chi connectivity index (χ4n) is 6.34.